The Kier molecular flexibility index (Phi) is 5.02. The molecule has 0 aliphatic heterocycles. The number of benzene rings is 1. The fourth-order valence-electron chi connectivity index (χ4n) is 1.37. The zero-order chi connectivity index (χ0) is 14.6. The molecule has 1 atom stereocenters. The Labute approximate surface area is 112 Å². The van der Waals surface area contributed by atoms with E-state index >= 15 is 0 Å². The summed E-state index contributed by atoms with van der Waals surface area (Å²) in [5, 5.41) is 10.8. The highest BCUT2D eigenvalue weighted by Gasteiger charge is 2.33. The Morgan fingerprint density at radius 1 is 1.53 bits per heavy atom. The molecule has 4 nitrogen and oxygen atoms in total. The first kappa shape index (κ1) is 15.6. The van der Waals surface area contributed by atoms with Gasteiger partial charge in [0, 0.05) is 12.8 Å². The van der Waals surface area contributed by atoms with Crippen LogP contribution >= 0.6 is 11.6 Å². The highest BCUT2D eigenvalue weighted by Crippen LogP contribution is 2.36. The molecule has 0 radical (unpaired) electrons. The zero-order valence-electron chi connectivity index (χ0n) is 9.79. The van der Waals surface area contributed by atoms with E-state index in [0.29, 0.717) is 0 Å². The predicted octanol–water partition coefficient (Wildman–Crippen LogP) is 2.87. The van der Waals surface area contributed by atoms with Crippen LogP contribution in [0.5, 0.6) is 0 Å². The van der Waals surface area contributed by atoms with E-state index in [1.54, 1.807) is 0 Å². The molecule has 106 valence electrons. The molecule has 0 bridgehead atoms. The first-order valence-corrected chi connectivity index (χ1v) is 5.48. The summed E-state index contributed by atoms with van der Waals surface area (Å²) in [5.74, 6) is -1.23. The van der Waals surface area contributed by atoms with Crippen LogP contribution in [0.15, 0.2) is 18.2 Å². The lowest BCUT2D eigenvalue weighted by atomic mass is 10.1. The summed E-state index contributed by atoms with van der Waals surface area (Å²) in [7, 11) is 1.29. The number of hydrogen-bond acceptors (Lipinski definition) is 3. The highest BCUT2D eigenvalue weighted by atomic mass is 35.5. The molecule has 0 spiro atoms. The Morgan fingerprint density at radius 3 is 2.63 bits per heavy atom. The Balaban J connectivity index is 2.99. The number of aliphatic carboxylic acids is 1. The maximum absolute atomic E-state index is 12.6. The van der Waals surface area contributed by atoms with Crippen molar-refractivity contribution in [3.8, 4) is 0 Å². The third-order valence-electron chi connectivity index (χ3n) is 2.24. The highest BCUT2D eigenvalue weighted by molar-refractivity contribution is 6.31. The Hall–Kier alpha value is -1.47. The molecule has 0 heterocycles. The standard InChI is InChI=1S/C11H11ClF3NO3/c1-19-5-9(10(17)18)16-6-2-3-8(12)7(4-6)11(13,14)15/h2-4,9,16H,5H2,1H3,(H,17,18). The van der Waals surface area contributed by atoms with Crippen molar-refractivity contribution in [1.82, 2.24) is 0 Å². The van der Waals surface area contributed by atoms with E-state index in [4.69, 9.17) is 16.7 Å². The molecule has 0 saturated heterocycles. The predicted molar refractivity (Wildman–Crippen MR) is 63.4 cm³/mol. The molecule has 0 aliphatic carbocycles. The number of methoxy groups -OCH3 is 1. The first-order valence-electron chi connectivity index (χ1n) is 5.10. The van der Waals surface area contributed by atoms with Gasteiger partial charge < -0.3 is 15.2 Å². The summed E-state index contributed by atoms with van der Waals surface area (Å²) in [4.78, 5) is 10.9. The number of ether oxygens (including phenoxy) is 1. The zero-order valence-corrected chi connectivity index (χ0v) is 10.5. The molecular formula is C11H11ClF3NO3. The van der Waals surface area contributed by atoms with E-state index < -0.39 is 28.8 Å². The number of carboxylic acid groups (broad SMARTS) is 1. The first-order chi connectivity index (χ1) is 8.75. The molecule has 1 rings (SSSR count). The maximum atomic E-state index is 12.6. The second-order valence-corrected chi connectivity index (χ2v) is 4.09. The van der Waals surface area contributed by atoms with Gasteiger partial charge in [-0.15, -0.1) is 0 Å². The number of hydrogen-bond donors (Lipinski definition) is 2. The number of nitrogens with one attached hydrogen (secondary N) is 1. The maximum Gasteiger partial charge on any atom is 0.417 e. The van der Waals surface area contributed by atoms with Crippen LogP contribution in [-0.2, 0) is 15.7 Å². The Morgan fingerprint density at radius 2 is 2.16 bits per heavy atom. The summed E-state index contributed by atoms with van der Waals surface area (Å²) < 4.78 is 42.5. The van der Waals surface area contributed by atoms with Gasteiger partial charge in [-0.25, -0.2) is 4.79 Å². The molecule has 0 aromatic heterocycles. The van der Waals surface area contributed by atoms with Gasteiger partial charge >= 0.3 is 12.1 Å². The SMILES string of the molecule is COCC(Nc1ccc(Cl)c(C(F)(F)F)c1)C(=O)O. The van der Waals surface area contributed by atoms with Crippen molar-refractivity contribution in [2.45, 2.75) is 12.2 Å². The van der Waals surface area contributed by atoms with Crippen molar-refractivity contribution in [2.75, 3.05) is 19.0 Å². The second-order valence-electron chi connectivity index (χ2n) is 3.68. The summed E-state index contributed by atoms with van der Waals surface area (Å²) in [5.41, 5.74) is -1.03. The number of rotatable bonds is 5. The third kappa shape index (κ3) is 4.29. The van der Waals surface area contributed by atoms with Crippen LogP contribution in [0.3, 0.4) is 0 Å². The van der Waals surface area contributed by atoms with Gasteiger partial charge in [-0.2, -0.15) is 13.2 Å². The molecule has 0 fully saturated rings. The van der Waals surface area contributed by atoms with Gasteiger partial charge in [-0.3, -0.25) is 0 Å². The molecule has 2 N–H and O–H groups in total. The largest absolute Gasteiger partial charge is 0.480 e. The van der Waals surface area contributed by atoms with Gasteiger partial charge in [-0.1, -0.05) is 11.6 Å². The molecule has 1 aromatic carbocycles. The lowest BCUT2D eigenvalue weighted by Gasteiger charge is -2.16. The number of alkyl halides is 3. The van der Waals surface area contributed by atoms with Crippen molar-refractivity contribution >= 4 is 23.3 Å². The van der Waals surface area contributed by atoms with Gasteiger partial charge in [0.1, 0.15) is 6.04 Å². The number of carbonyl (C=O) groups is 1. The quantitative estimate of drug-likeness (QED) is 0.877. The molecule has 0 aliphatic rings. The summed E-state index contributed by atoms with van der Waals surface area (Å²) in [6.45, 7) is -0.181. The van der Waals surface area contributed by atoms with E-state index in [-0.39, 0.29) is 12.3 Å². The van der Waals surface area contributed by atoms with E-state index in [9.17, 15) is 18.0 Å². The fourth-order valence-corrected chi connectivity index (χ4v) is 1.60. The van der Waals surface area contributed by atoms with Crippen LogP contribution in [0.25, 0.3) is 0 Å². The summed E-state index contributed by atoms with van der Waals surface area (Å²) in [6.07, 6.45) is -4.60. The molecular weight excluding hydrogens is 287 g/mol. The molecule has 0 amide bonds. The fraction of sp³-hybridized carbons (Fsp3) is 0.364. The van der Waals surface area contributed by atoms with Gasteiger partial charge in [0.25, 0.3) is 0 Å². The average Bonchev–Trinajstić information content (AvgIpc) is 2.29. The minimum absolute atomic E-state index is 0.00109. The van der Waals surface area contributed by atoms with Gasteiger partial charge in [0.15, 0.2) is 0 Å². The lowest BCUT2D eigenvalue weighted by Crippen LogP contribution is -2.33. The monoisotopic (exact) mass is 297 g/mol. The van der Waals surface area contributed by atoms with Crippen LogP contribution in [0.2, 0.25) is 5.02 Å². The lowest BCUT2D eigenvalue weighted by molar-refractivity contribution is -0.139. The van der Waals surface area contributed by atoms with Crippen LogP contribution in [-0.4, -0.2) is 30.8 Å². The summed E-state index contributed by atoms with van der Waals surface area (Å²) >= 11 is 5.45. The second kappa shape index (κ2) is 6.12. The number of anilines is 1. The minimum atomic E-state index is -4.60. The molecule has 0 saturated carbocycles. The third-order valence-corrected chi connectivity index (χ3v) is 2.57. The molecule has 19 heavy (non-hydrogen) atoms. The van der Waals surface area contributed by atoms with Crippen molar-refractivity contribution in [2.24, 2.45) is 0 Å². The van der Waals surface area contributed by atoms with E-state index in [0.717, 1.165) is 12.1 Å². The average molecular weight is 298 g/mol. The van der Waals surface area contributed by atoms with Crippen molar-refractivity contribution in [1.29, 1.82) is 0 Å². The topological polar surface area (TPSA) is 58.6 Å². The van der Waals surface area contributed by atoms with Crippen molar-refractivity contribution in [3.63, 3.8) is 0 Å². The van der Waals surface area contributed by atoms with Crippen LogP contribution in [0, 0.1) is 0 Å². The van der Waals surface area contributed by atoms with Crippen molar-refractivity contribution < 1.29 is 27.8 Å². The summed E-state index contributed by atoms with van der Waals surface area (Å²) in [6, 6.07) is 1.93. The van der Waals surface area contributed by atoms with E-state index in [2.05, 4.69) is 10.1 Å². The van der Waals surface area contributed by atoms with Crippen molar-refractivity contribution in [3.05, 3.63) is 28.8 Å². The van der Waals surface area contributed by atoms with Gasteiger partial charge in [0.05, 0.1) is 17.2 Å². The van der Waals surface area contributed by atoms with E-state index in [1.807, 2.05) is 0 Å². The number of carboxylic acids is 1. The van der Waals surface area contributed by atoms with Crippen LogP contribution in [0.1, 0.15) is 5.56 Å². The van der Waals surface area contributed by atoms with Gasteiger partial charge in [-0.05, 0) is 18.2 Å². The van der Waals surface area contributed by atoms with E-state index in [1.165, 1.54) is 13.2 Å². The molecule has 1 unspecified atom stereocenters. The smallest absolute Gasteiger partial charge is 0.417 e. The Bertz CT molecular complexity index is 465. The molecule has 1 aromatic rings. The molecule has 8 heteroatoms. The van der Waals surface area contributed by atoms with Crippen LogP contribution in [0.4, 0.5) is 18.9 Å². The van der Waals surface area contributed by atoms with Crippen LogP contribution < -0.4 is 5.32 Å². The normalized spacial score (nSPS) is 13.1. The van der Waals surface area contributed by atoms with Gasteiger partial charge in [0.2, 0.25) is 0 Å². The number of halogens is 4. The minimum Gasteiger partial charge on any atom is -0.480 e.